The second-order valence-corrected chi connectivity index (χ2v) is 2.50. The summed E-state index contributed by atoms with van der Waals surface area (Å²) in [4.78, 5) is 5.30. The molecule has 0 radical (unpaired) electrons. The number of hydroxylamine groups is 1. The zero-order valence-electron chi connectivity index (χ0n) is 7.42. The molecule has 0 unspecified atom stereocenters. The van der Waals surface area contributed by atoms with Gasteiger partial charge in [0.15, 0.2) is 0 Å². The summed E-state index contributed by atoms with van der Waals surface area (Å²) in [6.07, 6.45) is 2.31. The molecule has 0 saturated carbocycles. The van der Waals surface area contributed by atoms with E-state index in [4.69, 9.17) is 4.84 Å². The molecule has 0 amide bonds. The van der Waals surface area contributed by atoms with Crippen LogP contribution in [0.2, 0.25) is 0 Å². The predicted octanol–water partition coefficient (Wildman–Crippen LogP) is 1.13. The second-order valence-electron chi connectivity index (χ2n) is 2.50. The van der Waals surface area contributed by atoms with E-state index in [1.165, 1.54) is 6.42 Å². The lowest BCUT2D eigenvalue weighted by Gasteiger charge is -2.22. The maximum absolute atomic E-state index is 5.30. The first kappa shape index (κ1) is 9.88. The number of hydrazine groups is 1. The summed E-state index contributed by atoms with van der Waals surface area (Å²) in [5, 5.41) is 3.63. The SMILES string of the molecule is CCCCON(C)N(C)C. The van der Waals surface area contributed by atoms with Crippen molar-refractivity contribution in [2.24, 2.45) is 0 Å². The van der Waals surface area contributed by atoms with Crippen LogP contribution in [-0.2, 0) is 4.84 Å². The van der Waals surface area contributed by atoms with Crippen LogP contribution >= 0.6 is 0 Å². The Hall–Kier alpha value is -0.120. The van der Waals surface area contributed by atoms with Crippen molar-refractivity contribution in [3.63, 3.8) is 0 Å². The maximum atomic E-state index is 5.30. The van der Waals surface area contributed by atoms with Crippen LogP contribution in [0.5, 0.6) is 0 Å². The number of hydrogen-bond donors (Lipinski definition) is 0. The minimum Gasteiger partial charge on any atom is -0.284 e. The molecule has 0 aliphatic rings. The lowest BCUT2D eigenvalue weighted by Crippen LogP contribution is -2.33. The Labute approximate surface area is 63.5 Å². The molecule has 0 spiro atoms. The molecular formula is C7H18N2O. The fourth-order valence-electron chi connectivity index (χ4n) is 0.456. The fraction of sp³-hybridized carbons (Fsp3) is 1.00. The van der Waals surface area contributed by atoms with E-state index in [-0.39, 0.29) is 0 Å². The van der Waals surface area contributed by atoms with Gasteiger partial charge in [-0.25, -0.2) is 5.01 Å². The molecule has 10 heavy (non-hydrogen) atoms. The first-order valence-electron chi connectivity index (χ1n) is 3.72. The second kappa shape index (κ2) is 5.65. The lowest BCUT2D eigenvalue weighted by atomic mass is 10.4. The molecule has 0 rings (SSSR count). The van der Waals surface area contributed by atoms with Crippen LogP contribution in [0, 0.1) is 0 Å². The summed E-state index contributed by atoms with van der Waals surface area (Å²) in [6, 6.07) is 0. The molecular weight excluding hydrogens is 128 g/mol. The predicted molar refractivity (Wildman–Crippen MR) is 42.3 cm³/mol. The third-order valence-electron chi connectivity index (χ3n) is 1.34. The normalized spacial score (nSPS) is 11.4. The lowest BCUT2D eigenvalue weighted by molar-refractivity contribution is -0.250. The van der Waals surface area contributed by atoms with Crippen LogP contribution in [-0.4, -0.2) is 37.9 Å². The van der Waals surface area contributed by atoms with Gasteiger partial charge >= 0.3 is 0 Å². The van der Waals surface area contributed by atoms with E-state index in [1.54, 1.807) is 5.17 Å². The van der Waals surface area contributed by atoms with Crippen molar-refractivity contribution in [1.29, 1.82) is 0 Å². The summed E-state index contributed by atoms with van der Waals surface area (Å²) in [7, 11) is 5.80. The van der Waals surface area contributed by atoms with E-state index in [1.807, 2.05) is 26.2 Å². The molecule has 0 aromatic heterocycles. The highest BCUT2D eigenvalue weighted by molar-refractivity contribution is 4.29. The van der Waals surface area contributed by atoms with E-state index in [0.29, 0.717) is 0 Å². The molecule has 0 saturated heterocycles. The molecule has 0 fully saturated rings. The van der Waals surface area contributed by atoms with Crippen molar-refractivity contribution in [3.8, 4) is 0 Å². The van der Waals surface area contributed by atoms with Crippen LogP contribution < -0.4 is 0 Å². The van der Waals surface area contributed by atoms with Crippen molar-refractivity contribution in [3.05, 3.63) is 0 Å². The van der Waals surface area contributed by atoms with Crippen molar-refractivity contribution in [2.75, 3.05) is 27.7 Å². The molecule has 0 atom stereocenters. The molecule has 3 heteroatoms. The summed E-state index contributed by atoms with van der Waals surface area (Å²) >= 11 is 0. The van der Waals surface area contributed by atoms with Gasteiger partial charge in [-0.1, -0.05) is 13.3 Å². The van der Waals surface area contributed by atoms with Gasteiger partial charge in [0, 0.05) is 21.1 Å². The van der Waals surface area contributed by atoms with Crippen LogP contribution in [0.4, 0.5) is 0 Å². The summed E-state index contributed by atoms with van der Waals surface area (Å²) < 4.78 is 0. The Morgan fingerprint density at radius 2 is 1.80 bits per heavy atom. The number of unbranched alkanes of at least 4 members (excludes halogenated alkanes) is 1. The fourth-order valence-corrected chi connectivity index (χ4v) is 0.456. The molecule has 0 aliphatic carbocycles. The van der Waals surface area contributed by atoms with Crippen LogP contribution in [0.3, 0.4) is 0 Å². The van der Waals surface area contributed by atoms with Gasteiger partial charge in [0.25, 0.3) is 0 Å². The van der Waals surface area contributed by atoms with Crippen molar-refractivity contribution in [2.45, 2.75) is 19.8 Å². The molecule has 0 aromatic rings. The Balaban J connectivity index is 3.13. The van der Waals surface area contributed by atoms with Gasteiger partial charge < -0.3 is 0 Å². The minimum absolute atomic E-state index is 0.811. The Morgan fingerprint density at radius 1 is 1.20 bits per heavy atom. The highest BCUT2D eigenvalue weighted by atomic mass is 16.7. The van der Waals surface area contributed by atoms with Gasteiger partial charge in [0.2, 0.25) is 0 Å². The van der Waals surface area contributed by atoms with Crippen molar-refractivity contribution < 1.29 is 4.84 Å². The van der Waals surface area contributed by atoms with Crippen molar-refractivity contribution in [1.82, 2.24) is 10.2 Å². The minimum atomic E-state index is 0.811. The summed E-state index contributed by atoms with van der Waals surface area (Å²) in [6.45, 7) is 2.96. The average Bonchev–Trinajstić information content (AvgIpc) is 1.88. The van der Waals surface area contributed by atoms with Gasteiger partial charge in [-0.2, -0.15) is 0 Å². The monoisotopic (exact) mass is 146 g/mol. The maximum Gasteiger partial charge on any atom is 0.0701 e. The standard InChI is InChI=1S/C7H18N2O/c1-5-6-7-10-9(4)8(2)3/h5-7H2,1-4H3. The largest absolute Gasteiger partial charge is 0.284 e. The van der Waals surface area contributed by atoms with Gasteiger partial charge in [0.1, 0.15) is 0 Å². The highest BCUT2D eigenvalue weighted by Gasteiger charge is 1.97. The highest BCUT2D eigenvalue weighted by Crippen LogP contribution is 1.92. The number of hydrogen-bond acceptors (Lipinski definition) is 3. The van der Waals surface area contributed by atoms with Gasteiger partial charge in [0.05, 0.1) is 6.61 Å². The van der Waals surface area contributed by atoms with Crippen LogP contribution in [0.25, 0.3) is 0 Å². The quantitative estimate of drug-likeness (QED) is 0.427. The first-order valence-corrected chi connectivity index (χ1v) is 3.72. The summed E-state index contributed by atoms with van der Waals surface area (Å²) in [5.74, 6) is 0. The van der Waals surface area contributed by atoms with E-state index < -0.39 is 0 Å². The van der Waals surface area contributed by atoms with Crippen LogP contribution in [0.15, 0.2) is 0 Å². The average molecular weight is 146 g/mol. The Kier molecular flexibility index (Phi) is 5.58. The van der Waals surface area contributed by atoms with Gasteiger partial charge in [-0.3, -0.25) is 4.84 Å². The third-order valence-corrected chi connectivity index (χ3v) is 1.34. The molecule has 62 valence electrons. The zero-order valence-corrected chi connectivity index (χ0v) is 7.42. The number of rotatable bonds is 5. The smallest absolute Gasteiger partial charge is 0.0701 e. The van der Waals surface area contributed by atoms with Gasteiger partial charge in [-0.05, 0) is 6.42 Å². The van der Waals surface area contributed by atoms with E-state index >= 15 is 0 Å². The third kappa shape index (κ3) is 4.73. The van der Waals surface area contributed by atoms with E-state index in [9.17, 15) is 0 Å². The molecule has 0 heterocycles. The van der Waals surface area contributed by atoms with E-state index in [0.717, 1.165) is 13.0 Å². The Morgan fingerprint density at radius 3 is 2.20 bits per heavy atom. The molecule has 3 nitrogen and oxygen atoms in total. The number of nitrogens with zero attached hydrogens (tertiary/aromatic N) is 2. The van der Waals surface area contributed by atoms with E-state index in [2.05, 4.69) is 6.92 Å². The van der Waals surface area contributed by atoms with Crippen LogP contribution in [0.1, 0.15) is 19.8 Å². The molecule has 0 bridgehead atoms. The molecule has 0 aromatic carbocycles. The van der Waals surface area contributed by atoms with Crippen molar-refractivity contribution >= 4 is 0 Å². The topological polar surface area (TPSA) is 15.7 Å². The van der Waals surface area contributed by atoms with Gasteiger partial charge in [-0.15, -0.1) is 5.17 Å². The Bertz CT molecular complexity index is 76.0. The molecule has 0 aliphatic heterocycles. The molecule has 0 N–H and O–H groups in total. The summed E-state index contributed by atoms with van der Waals surface area (Å²) in [5.41, 5.74) is 0. The zero-order chi connectivity index (χ0) is 7.98. The first-order chi connectivity index (χ1) is 4.68.